The number of nitrogens with one attached hydrogen (secondary N) is 1. The SMILES string of the molecule is CC(C)Oc1ncccc1-c1ccc2nc(NC(=O)[C@H]3CCC(=O)O3)nn2c1. The van der Waals surface area contributed by atoms with E-state index in [2.05, 4.69) is 20.4 Å². The molecule has 4 heterocycles. The van der Waals surface area contributed by atoms with Crippen molar-refractivity contribution >= 4 is 23.5 Å². The molecule has 1 saturated heterocycles. The molecule has 1 aliphatic rings. The Balaban J connectivity index is 1.59. The van der Waals surface area contributed by atoms with Crippen LogP contribution in [0, 0.1) is 0 Å². The highest BCUT2D eigenvalue weighted by Crippen LogP contribution is 2.28. The molecule has 9 nitrogen and oxygen atoms in total. The summed E-state index contributed by atoms with van der Waals surface area (Å²) in [6, 6.07) is 7.43. The number of hydrogen-bond donors (Lipinski definition) is 1. The number of fused-ring (bicyclic) bond motifs is 1. The van der Waals surface area contributed by atoms with Crippen molar-refractivity contribution in [2.45, 2.75) is 38.9 Å². The third-order valence-electron chi connectivity index (χ3n) is 4.17. The molecule has 0 spiro atoms. The van der Waals surface area contributed by atoms with Crippen molar-refractivity contribution in [3.8, 4) is 17.0 Å². The standard InChI is InChI=1S/C19H19N5O4/c1-11(2)27-18-13(4-3-9-20-18)12-5-7-15-21-19(23-24(15)10-12)22-17(26)14-6-8-16(25)28-14/h3-5,7,9-11,14H,6,8H2,1-2H3,(H,22,23,26)/t14-/m1/s1. The van der Waals surface area contributed by atoms with Gasteiger partial charge in [-0.05, 0) is 38.1 Å². The minimum absolute atomic E-state index is 0.00439. The minimum atomic E-state index is -0.791. The molecule has 0 aliphatic carbocycles. The van der Waals surface area contributed by atoms with E-state index >= 15 is 0 Å². The van der Waals surface area contributed by atoms with Gasteiger partial charge in [-0.15, -0.1) is 5.10 Å². The van der Waals surface area contributed by atoms with Crippen molar-refractivity contribution in [3.63, 3.8) is 0 Å². The zero-order chi connectivity index (χ0) is 19.7. The Morgan fingerprint density at radius 2 is 2.21 bits per heavy atom. The van der Waals surface area contributed by atoms with Crippen molar-refractivity contribution in [3.05, 3.63) is 36.7 Å². The fourth-order valence-corrected chi connectivity index (χ4v) is 2.92. The first-order valence-electron chi connectivity index (χ1n) is 8.98. The summed E-state index contributed by atoms with van der Waals surface area (Å²) in [6.07, 6.45) is 3.28. The molecule has 0 aromatic carbocycles. The Morgan fingerprint density at radius 1 is 1.36 bits per heavy atom. The van der Waals surface area contributed by atoms with Gasteiger partial charge in [-0.2, -0.15) is 4.98 Å². The average Bonchev–Trinajstić information content (AvgIpc) is 3.26. The maximum atomic E-state index is 12.2. The molecule has 0 bridgehead atoms. The van der Waals surface area contributed by atoms with Crippen LogP contribution in [-0.4, -0.2) is 43.7 Å². The second-order valence-corrected chi connectivity index (χ2v) is 6.69. The molecule has 1 fully saturated rings. The Morgan fingerprint density at radius 3 is 2.96 bits per heavy atom. The van der Waals surface area contributed by atoms with Gasteiger partial charge in [0.1, 0.15) is 0 Å². The fraction of sp³-hybridized carbons (Fsp3) is 0.316. The van der Waals surface area contributed by atoms with Gasteiger partial charge >= 0.3 is 5.97 Å². The second kappa shape index (κ2) is 7.26. The van der Waals surface area contributed by atoms with Gasteiger partial charge in [0.25, 0.3) is 5.91 Å². The number of ether oxygens (including phenoxy) is 2. The van der Waals surface area contributed by atoms with E-state index in [9.17, 15) is 9.59 Å². The molecule has 3 aromatic rings. The van der Waals surface area contributed by atoms with E-state index in [1.54, 1.807) is 23.0 Å². The lowest BCUT2D eigenvalue weighted by Gasteiger charge is -2.12. The van der Waals surface area contributed by atoms with E-state index in [4.69, 9.17) is 9.47 Å². The Hall–Kier alpha value is -3.49. The van der Waals surface area contributed by atoms with Crippen LogP contribution in [0.1, 0.15) is 26.7 Å². The maximum absolute atomic E-state index is 12.2. The van der Waals surface area contributed by atoms with E-state index in [-0.39, 0.29) is 24.4 Å². The van der Waals surface area contributed by atoms with Gasteiger partial charge in [0.15, 0.2) is 11.8 Å². The second-order valence-electron chi connectivity index (χ2n) is 6.69. The number of rotatable bonds is 5. The van der Waals surface area contributed by atoms with Gasteiger partial charge in [0.2, 0.25) is 11.8 Å². The van der Waals surface area contributed by atoms with Crippen molar-refractivity contribution in [1.29, 1.82) is 0 Å². The van der Waals surface area contributed by atoms with Crippen LogP contribution >= 0.6 is 0 Å². The van der Waals surface area contributed by atoms with Crippen LogP contribution in [0.25, 0.3) is 16.8 Å². The number of hydrogen-bond acceptors (Lipinski definition) is 7. The van der Waals surface area contributed by atoms with Crippen LogP contribution in [0.15, 0.2) is 36.7 Å². The Kier molecular flexibility index (Phi) is 4.64. The molecule has 1 N–H and O–H groups in total. The summed E-state index contributed by atoms with van der Waals surface area (Å²) in [5.41, 5.74) is 2.25. The summed E-state index contributed by atoms with van der Waals surface area (Å²) in [5, 5.41) is 6.89. The van der Waals surface area contributed by atoms with Crippen LogP contribution in [0.3, 0.4) is 0 Å². The quantitative estimate of drug-likeness (QED) is 0.675. The summed E-state index contributed by atoms with van der Waals surface area (Å²) in [7, 11) is 0. The first-order valence-corrected chi connectivity index (χ1v) is 8.98. The van der Waals surface area contributed by atoms with Crippen LogP contribution in [-0.2, 0) is 14.3 Å². The molecule has 0 radical (unpaired) electrons. The predicted molar refractivity (Wildman–Crippen MR) is 99.7 cm³/mol. The number of cyclic esters (lactones) is 1. The summed E-state index contributed by atoms with van der Waals surface area (Å²) >= 11 is 0. The number of aromatic nitrogens is 4. The lowest BCUT2D eigenvalue weighted by Crippen LogP contribution is -2.27. The average molecular weight is 381 g/mol. The lowest BCUT2D eigenvalue weighted by molar-refractivity contribution is -0.146. The van der Waals surface area contributed by atoms with Crippen molar-refractivity contribution in [1.82, 2.24) is 19.6 Å². The van der Waals surface area contributed by atoms with E-state index in [1.165, 1.54) is 0 Å². The highest BCUT2D eigenvalue weighted by Gasteiger charge is 2.30. The number of pyridine rings is 2. The van der Waals surface area contributed by atoms with Crippen LogP contribution < -0.4 is 10.1 Å². The number of anilines is 1. The smallest absolute Gasteiger partial charge is 0.306 e. The van der Waals surface area contributed by atoms with Crippen LogP contribution in [0.5, 0.6) is 5.88 Å². The van der Waals surface area contributed by atoms with Gasteiger partial charge < -0.3 is 9.47 Å². The molecule has 1 atom stereocenters. The third-order valence-corrected chi connectivity index (χ3v) is 4.17. The normalized spacial score (nSPS) is 16.4. The number of esters is 1. The maximum Gasteiger partial charge on any atom is 0.306 e. The molecule has 0 unspecified atom stereocenters. The van der Waals surface area contributed by atoms with Gasteiger partial charge in [-0.3, -0.25) is 14.9 Å². The predicted octanol–water partition coefficient (Wildman–Crippen LogP) is 2.22. The number of amides is 1. The van der Waals surface area contributed by atoms with Crippen molar-refractivity contribution < 1.29 is 19.1 Å². The third kappa shape index (κ3) is 3.64. The number of nitrogens with zero attached hydrogens (tertiary/aromatic N) is 4. The molecule has 1 aliphatic heterocycles. The molecule has 0 saturated carbocycles. The summed E-state index contributed by atoms with van der Waals surface area (Å²) in [4.78, 5) is 31.9. The summed E-state index contributed by atoms with van der Waals surface area (Å²) < 4.78 is 12.3. The van der Waals surface area contributed by atoms with Gasteiger partial charge in [0.05, 0.1) is 6.10 Å². The molecule has 1 amide bonds. The number of carbonyl (C=O) groups is 2. The van der Waals surface area contributed by atoms with E-state index in [0.717, 1.165) is 11.1 Å². The summed E-state index contributed by atoms with van der Waals surface area (Å²) in [5.74, 6) is -0.117. The Bertz CT molecular complexity index is 1050. The monoisotopic (exact) mass is 381 g/mol. The highest BCUT2D eigenvalue weighted by atomic mass is 16.6. The first kappa shape index (κ1) is 17.9. The topological polar surface area (TPSA) is 108 Å². The van der Waals surface area contributed by atoms with Gasteiger partial charge in [0, 0.05) is 36.4 Å². The molecule has 9 heteroatoms. The van der Waals surface area contributed by atoms with E-state index in [0.29, 0.717) is 17.9 Å². The van der Waals surface area contributed by atoms with Crippen molar-refractivity contribution in [2.75, 3.05) is 5.32 Å². The van der Waals surface area contributed by atoms with Gasteiger partial charge in [-0.25, -0.2) is 9.50 Å². The molecule has 3 aromatic heterocycles. The zero-order valence-corrected chi connectivity index (χ0v) is 15.5. The summed E-state index contributed by atoms with van der Waals surface area (Å²) in [6.45, 7) is 3.88. The van der Waals surface area contributed by atoms with Crippen LogP contribution in [0.4, 0.5) is 5.95 Å². The van der Waals surface area contributed by atoms with Crippen molar-refractivity contribution in [2.24, 2.45) is 0 Å². The first-order chi connectivity index (χ1) is 13.5. The van der Waals surface area contributed by atoms with E-state index < -0.39 is 12.0 Å². The molecule has 28 heavy (non-hydrogen) atoms. The van der Waals surface area contributed by atoms with E-state index in [1.807, 2.05) is 32.0 Å². The highest BCUT2D eigenvalue weighted by molar-refractivity contribution is 5.95. The minimum Gasteiger partial charge on any atom is -0.475 e. The zero-order valence-electron chi connectivity index (χ0n) is 15.5. The number of carbonyl (C=O) groups excluding carboxylic acids is 2. The Labute approximate surface area is 160 Å². The fourth-order valence-electron chi connectivity index (χ4n) is 2.92. The lowest BCUT2D eigenvalue weighted by atomic mass is 10.1. The van der Waals surface area contributed by atoms with Crippen LogP contribution in [0.2, 0.25) is 0 Å². The molecular formula is C19H19N5O4. The van der Waals surface area contributed by atoms with Gasteiger partial charge in [-0.1, -0.05) is 0 Å². The molecular weight excluding hydrogens is 362 g/mol. The molecule has 144 valence electrons. The largest absolute Gasteiger partial charge is 0.475 e. The molecule has 4 rings (SSSR count).